The molecule has 6 heteroatoms. The van der Waals surface area contributed by atoms with Crippen LogP contribution < -0.4 is 5.32 Å². The van der Waals surface area contributed by atoms with E-state index in [1.54, 1.807) is 18.0 Å². The number of hydrogen-bond donors (Lipinski definition) is 1. The maximum atomic E-state index is 12.2. The minimum atomic E-state index is -0.0300. The molecule has 0 saturated carbocycles. The molecule has 0 radical (unpaired) electrons. The average Bonchev–Trinajstić information content (AvgIpc) is 3.14. The Labute approximate surface area is 186 Å². The zero-order valence-corrected chi connectivity index (χ0v) is 18.7. The molecule has 2 heterocycles. The van der Waals surface area contributed by atoms with Gasteiger partial charge in [-0.2, -0.15) is 0 Å². The van der Waals surface area contributed by atoms with E-state index in [4.69, 9.17) is 4.98 Å². The number of pyridine rings is 1. The first-order chi connectivity index (χ1) is 15.1. The minimum Gasteiger partial charge on any atom is -0.352 e. The van der Waals surface area contributed by atoms with Gasteiger partial charge in [-0.25, -0.2) is 9.97 Å². The maximum absolute atomic E-state index is 12.2. The molecule has 0 spiro atoms. The molecular weight excluding hydrogens is 404 g/mol. The Hall–Kier alpha value is -3.12. The van der Waals surface area contributed by atoms with Gasteiger partial charge in [0.15, 0.2) is 10.8 Å². The number of fused-ring (bicyclic) bond motifs is 1. The molecule has 5 nitrogen and oxygen atoms in total. The van der Waals surface area contributed by atoms with E-state index >= 15 is 0 Å². The molecule has 4 aromatic rings. The lowest BCUT2D eigenvalue weighted by molar-refractivity contribution is 0.0953. The van der Waals surface area contributed by atoms with Crippen molar-refractivity contribution in [2.75, 3.05) is 6.54 Å². The number of imidazole rings is 1. The zero-order valence-electron chi connectivity index (χ0n) is 17.8. The van der Waals surface area contributed by atoms with E-state index in [1.807, 2.05) is 43.3 Å². The third-order valence-electron chi connectivity index (χ3n) is 5.01. The maximum Gasteiger partial charge on any atom is 0.251 e. The summed E-state index contributed by atoms with van der Waals surface area (Å²) in [5.74, 6) is 0.819. The van der Waals surface area contributed by atoms with Gasteiger partial charge in [0.1, 0.15) is 5.52 Å². The zero-order chi connectivity index (χ0) is 21.6. The number of amides is 1. The van der Waals surface area contributed by atoms with Crippen LogP contribution >= 0.6 is 11.8 Å². The van der Waals surface area contributed by atoms with E-state index in [0.717, 1.165) is 34.1 Å². The van der Waals surface area contributed by atoms with Crippen LogP contribution in [0.25, 0.3) is 11.2 Å². The highest BCUT2D eigenvalue weighted by molar-refractivity contribution is 7.98. The number of rotatable bonds is 8. The van der Waals surface area contributed by atoms with Crippen LogP contribution in [0.15, 0.2) is 72.0 Å². The van der Waals surface area contributed by atoms with Crippen molar-refractivity contribution < 1.29 is 4.79 Å². The number of nitrogens with one attached hydrogen (secondary N) is 1. The summed E-state index contributed by atoms with van der Waals surface area (Å²) in [6.07, 6.45) is 2.73. The molecule has 0 aliphatic heterocycles. The smallest absolute Gasteiger partial charge is 0.251 e. The lowest BCUT2D eigenvalue weighted by Gasteiger charge is -2.10. The minimum absolute atomic E-state index is 0.0300. The van der Waals surface area contributed by atoms with Crippen molar-refractivity contribution in [3.63, 3.8) is 0 Å². The number of benzene rings is 2. The van der Waals surface area contributed by atoms with Crippen LogP contribution in [0.4, 0.5) is 0 Å². The third kappa shape index (κ3) is 5.14. The van der Waals surface area contributed by atoms with Crippen molar-refractivity contribution in [1.82, 2.24) is 19.9 Å². The Bertz CT molecular complexity index is 1180. The van der Waals surface area contributed by atoms with Crippen LogP contribution in [-0.2, 0) is 12.3 Å². The van der Waals surface area contributed by atoms with Crippen LogP contribution in [-0.4, -0.2) is 27.0 Å². The first-order valence-corrected chi connectivity index (χ1v) is 11.5. The number of aryl methyl sites for hydroxylation is 1. The van der Waals surface area contributed by atoms with E-state index in [9.17, 15) is 4.79 Å². The first kappa shape index (κ1) is 21.1. The normalized spacial score (nSPS) is 11.0. The quantitative estimate of drug-likeness (QED) is 0.389. The molecule has 2 aromatic carbocycles. The van der Waals surface area contributed by atoms with E-state index in [1.165, 1.54) is 11.1 Å². The summed E-state index contributed by atoms with van der Waals surface area (Å²) in [4.78, 5) is 21.6. The lowest BCUT2D eigenvalue weighted by atomic mass is 10.1. The van der Waals surface area contributed by atoms with Crippen molar-refractivity contribution in [2.24, 2.45) is 0 Å². The second kappa shape index (κ2) is 9.79. The fourth-order valence-corrected chi connectivity index (χ4v) is 4.37. The molecule has 158 valence electrons. The van der Waals surface area contributed by atoms with Crippen LogP contribution in [0, 0.1) is 6.92 Å². The number of aromatic nitrogens is 3. The molecule has 0 fully saturated rings. The molecule has 31 heavy (non-hydrogen) atoms. The summed E-state index contributed by atoms with van der Waals surface area (Å²) in [5, 5.41) is 3.86. The van der Waals surface area contributed by atoms with Gasteiger partial charge < -0.3 is 5.32 Å². The van der Waals surface area contributed by atoms with Crippen molar-refractivity contribution in [2.45, 2.75) is 37.7 Å². The third-order valence-corrected chi connectivity index (χ3v) is 6.06. The molecule has 2 aromatic heterocycles. The predicted molar refractivity (Wildman–Crippen MR) is 126 cm³/mol. The van der Waals surface area contributed by atoms with Crippen LogP contribution in [0.1, 0.15) is 40.4 Å². The SMILES string of the molecule is CCCNC(=O)c1ccc(Cn2c(SCc3cccc(C)c3)nc3cccnc32)cc1. The van der Waals surface area contributed by atoms with Gasteiger partial charge in [-0.15, -0.1) is 0 Å². The highest BCUT2D eigenvalue weighted by Gasteiger charge is 2.13. The van der Waals surface area contributed by atoms with Crippen LogP contribution in [0.2, 0.25) is 0 Å². The lowest BCUT2D eigenvalue weighted by Crippen LogP contribution is -2.23. The second-order valence-electron chi connectivity index (χ2n) is 7.56. The molecule has 0 aliphatic carbocycles. The first-order valence-electron chi connectivity index (χ1n) is 10.5. The number of nitrogens with zero attached hydrogens (tertiary/aromatic N) is 3. The van der Waals surface area contributed by atoms with Crippen molar-refractivity contribution in [3.8, 4) is 0 Å². The predicted octanol–water partition coefficient (Wildman–Crippen LogP) is 5.22. The molecular formula is C25H26N4OS. The van der Waals surface area contributed by atoms with Gasteiger partial charge in [-0.1, -0.05) is 60.6 Å². The Morgan fingerprint density at radius 1 is 1.06 bits per heavy atom. The van der Waals surface area contributed by atoms with E-state index in [2.05, 4.69) is 46.1 Å². The van der Waals surface area contributed by atoms with E-state index in [0.29, 0.717) is 18.7 Å². The largest absolute Gasteiger partial charge is 0.352 e. The Morgan fingerprint density at radius 2 is 1.90 bits per heavy atom. The summed E-state index contributed by atoms with van der Waals surface area (Å²) in [6.45, 7) is 5.50. The van der Waals surface area contributed by atoms with Crippen LogP contribution in [0.5, 0.6) is 0 Å². The monoisotopic (exact) mass is 430 g/mol. The fraction of sp³-hybridized carbons (Fsp3) is 0.240. The second-order valence-corrected chi connectivity index (χ2v) is 8.50. The average molecular weight is 431 g/mol. The summed E-state index contributed by atoms with van der Waals surface area (Å²) >= 11 is 1.72. The molecule has 0 aliphatic rings. The van der Waals surface area contributed by atoms with Gasteiger partial charge in [0.05, 0.1) is 6.54 Å². The number of hydrogen-bond acceptors (Lipinski definition) is 4. The fourth-order valence-electron chi connectivity index (χ4n) is 3.42. The standard InChI is InChI=1S/C25H26N4OS/c1-3-13-27-24(30)21-11-9-19(10-12-21)16-29-23-22(8-5-14-26-23)28-25(29)31-17-20-7-4-6-18(2)15-20/h4-12,14-15H,3,13,16-17H2,1-2H3,(H,27,30). The highest BCUT2D eigenvalue weighted by atomic mass is 32.2. The molecule has 1 N–H and O–H groups in total. The summed E-state index contributed by atoms with van der Waals surface area (Å²) in [7, 11) is 0. The Morgan fingerprint density at radius 3 is 2.68 bits per heavy atom. The van der Waals surface area contributed by atoms with Crippen molar-refractivity contribution >= 4 is 28.8 Å². The number of carbonyl (C=O) groups excluding carboxylic acids is 1. The van der Waals surface area contributed by atoms with E-state index < -0.39 is 0 Å². The molecule has 0 saturated heterocycles. The number of thioether (sulfide) groups is 1. The van der Waals surface area contributed by atoms with E-state index in [-0.39, 0.29) is 5.91 Å². The summed E-state index contributed by atoms with van der Waals surface area (Å²) in [6, 6.07) is 20.2. The Balaban J connectivity index is 1.56. The van der Waals surface area contributed by atoms with Gasteiger partial charge in [-0.3, -0.25) is 9.36 Å². The Kier molecular flexibility index (Phi) is 6.67. The molecule has 1 amide bonds. The molecule has 0 unspecified atom stereocenters. The summed E-state index contributed by atoms with van der Waals surface area (Å²) < 4.78 is 2.15. The van der Waals surface area contributed by atoms with Crippen molar-refractivity contribution in [3.05, 3.63) is 89.1 Å². The van der Waals surface area contributed by atoms with Crippen molar-refractivity contribution in [1.29, 1.82) is 0 Å². The van der Waals surface area contributed by atoms with Gasteiger partial charge in [-0.05, 0) is 48.7 Å². The van der Waals surface area contributed by atoms with Gasteiger partial charge >= 0.3 is 0 Å². The molecule has 4 rings (SSSR count). The molecule has 0 bridgehead atoms. The van der Waals surface area contributed by atoms with Gasteiger partial charge in [0.25, 0.3) is 5.91 Å². The summed E-state index contributed by atoms with van der Waals surface area (Å²) in [5.41, 5.74) is 6.09. The number of carbonyl (C=O) groups is 1. The topological polar surface area (TPSA) is 59.8 Å². The van der Waals surface area contributed by atoms with Crippen LogP contribution in [0.3, 0.4) is 0 Å². The highest BCUT2D eigenvalue weighted by Crippen LogP contribution is 2.27. The van der Waals surface area contributed by atoms with Gasteiger partial charge in [0.2, 0.25) is 0 Å². The van der Waals surface area contributed by atoms with Gasteiger partial charge in [0, 0.05) is 24.1 Å². The molecule has 0 atom stereocenters.